The van der Waals surface area contributed by atoms with E-state index in [1.54, 1.807) is 0 Å². The largest absolute Gasteiger partial charge is 0.355 e. The molecule has 14 heavy (non-hydrogen) atoms. The van der Waals surface area contributed by atoms with E-state index in [1.165, 1.54) is 12.3 Å². The van der Waals surface area contributed by atoms with Crippen molar-refractivity contribution in [2.75, 3.05) is 13.1 Å². The molecule has 0 atom stereocenters. The van der Waals surface area contributed by atoms with Crippen LogP contribution in [0.3, 0.4) is 0 Å². The van der Waals surface area contributed by atoms with Crippen molar-refractivity contribution in [1.29, 1.82) is 0 Å². The van der Waals surface area contributed by atoms with Gasteiger partial charge in [-0.15, -0.1) is 0 Å². The van der Waals surface area contributed by atoms with Gasteiger partial charge < -0.3 is 4.90 Å². The topological polar surface area (TPSA) is 15.6 Å². The van der Waals surface area contributed by atoms with E-state index in [0.29, 0.717) is 0 Å². The highest BCUT2D eigenvalue weighted by atomic mass is 15.3. The van der Waals surface area contributed by atoms with Gasteiger partial charge in [0.25, 0.3) is 0 Å². The first-order valence-electron chi connectivity index (χ1n) is 5.55. The maximum atomic E-state index is 4.69. The highest BCUT2D eigenvalue weighted by Crippen LogP contribution is 2.27. The van der Waals surface area contributed by atoms with Crippen molar-refractivity contribution in [2.45, 2.75) is 53.5 Å². The van der Waals surface area contributed by atoms with Crippen LogP contribution >= 0.6 is 0 Å². The third kappa shape index (κ3) is 2.49. The summed E-state index contributed by atoms with van der Waals surface area (Å²) in [5, 5.41) is 0. The Hall–Kier alpha value is -0.530. The smallest absolute Gasteiger partial charge is 0.105 e. The van der Waals surface area contributed by atoms with Crippen molar-refractivity contribution < 1.29 is 0 Å². The maximum Gasteiger partial charge on any atom is 0.105 e. The second-order valence-electron chi connectivity index (χ2n) is 6.13. The van der Waals surface area contributed by atoms with Crippen molar-refractivity contribution in [3.05, 3.63) is 0 Å². The summed E-state index contributed by atoms with van der Waals surface area (Å²) >= 11 is 0. The van der Waals surface area contributed by atoms with Crippen LogP contribution in [0.2, 0.25) is 0 Å². The predicted octanol–water partition coefficient (Wildman–Crippen LogP) is 2.94. The molecule has 0 aromatic heterocycles. The standard InChI is InChI=1S/C12H24N2/c1-11(2,3)10-13-8-7-9-14(10)12(4,5)6/h7-9H2,1-6H3. The van der Waals surface area contributed by atoms with Gasteiger partial charge in [0.1, 0.15) is 5.84 Å². The van der Waals surface area contributed by atoms with Crippen molar-refractivity contribution in [3.8, 4) is 0 Å². The summed E-state index contributed by atoms with van der Waals surface area (Å²) in [4.78, 5) is 7.15. The summed E-state index contributed by atoms with van der Waals surface area (Å²) in [7, 11) is 0. The zero-order valence-electron chi connectivity index (χ0n) is 10.5. The van der Waals surface area contributed by atoms with E-state index in [0.717, 1.165) is 13.1 Å². The van der Waals surface area contributed by atoms with E-state index in [4.69, 9.17) is 4.99 Å². The number of amidine groups is 1. The van der Waals surface area contributed by atoms with E-state index >= 15 is 0 Å². The van der Waals surface area contributed by atoms with Crippen molar-refractivity contribution in [2.24, 2.45) is 10.4 Å². The molecule has 0 aromatic carbocycles. The molecule has 0 unspecified atom stereocenters. The number of aliphatic imine (C=N–C) groups is 1. The highest BCUT2D eigenvalue weighted by Gasteiger charge is 2.32. The molecule has 0 N–H and O–H groups in total. The third-order valence-corrected chi connectivity index (χ3v) is 2.54. The summed E-state index contributed by atoms with van der Waals surface area (Å²) in [6.45, 7) is 15.7. The molecule has 0 radical (unpaired) electrons. The van der Waals surface area contributed by atoms with Crippen LogP contribution in [0.25, 0.3) is 0 Å². The summed E-state index contributed by atoms with van der Waals surface area (Å²) in [5.41, 5.74) is 0.375. The molecule has 0 aromatic rings. The normalized spacial score (nSPS) is 19.6. The molecule has 1 aliphatic heterocycles. The molecule has 1 aliphatic rings. The monoisotopic (exact) mass is 196 g/mol. The Kier molecular flexibility index (Phi) is 2.93. The molecule has 1 rings (SSSR count). The molecule has 0 amide bonds. The first-order chi connectivity index (χ1) is 6.23. The number of nitrogens with zero attached hydrogens (tertiary/aromatic N) is 2. The molecule has 1 heterocycles. The molecule has 0 aliphatic carbocycles. The lowest BCUT2D eigenvalue weighted by Crippen LogP contribution is -2.52. The van der Waals surface area contributed by atoms with Gasteiger partial charge in [-0.3, -0.25) is 4.99 Å². The van der Waals surface area contributed by atoms with E-state index in [1.807, 2.05) is 0 Å². The molecule has 82 valence electrons. The highest BCUT2D eigenvalue weighted by molar-refractivity contribution is 5.88. The molecule has 0 fully saturated rings. The van der Waals surface area contributed by atoms with E-state index in [-0.39, 0.29) is 11.0 Å². The number of hydrogen-bond donors (Lipinski definition) is 0. The molecule has 2 heteroatoms. The predicted molar refractivity (Wildman–Crippen MR) is 62.8 cm³/mol. The second-order valence-corrected chi connectivity index (χ2v) is 6.13. The Morgan fingerprint density at radius 2 is 1.64 bits per heavy atom. The minimum Gasteiger partial charge on any atom is -0.355 e. The fraction of sp³-hybridized carbons (Fsp3) is 0.917. The quantitative estimate of drug-likeness (QED) is 0.581. The summed E-state index contributed by atoms with van der Waals surface area (Å²) in [6, 6.07) is 0. The summed E-state index contributed by atoms with van der Waals surface area (Å²) in [6.07, 6.45) is 1.19. The molecular weight excluding hydrogens is 172 g/mol. The molecule has 0 bridgehead atoms. The minimum atomic E-state index is 0.174. The molecular formula is C12H24N2. The lowest BCUT2D eigenvalue weighted by molar-refractivity contribution is 0.206. The number of hydrogen-bond acceptors (Lipinski definition) is 2. The molecule has 2 nitrogen and oxygen atoms in total. The first kappa shape index (κ1) is 11.5. The lowest BCUT2D eigenvalue weighted by Gasteiger charge is -2.44. The van der Waals surface area contributed by atoms with Gasteiger partial charge >= 0.3 is 0 Å². The zero-order valence-corrected chi connectivity index (χ0v) is 10.5. The van der Waals surface area contributed by atoms with Gasteiger partial charge in [-0.25, -0.2) is 0 Å². The average molecular weight is 196 g/mol. The minimum absolute atomic E-state index is 0.174. The van der Waals surface area contributed by atoms with Crippen LogP contribution in [-0.2, 0) is 0 Å². The first-order valence-corrected chi connectivity index (χ1v) is 5.55. The lowest BCUT2D eigenvalue weighted by atomic mass is 9.90. The SMILES string of the molecule is CC(C)(C)C1=NCCCN1C(C)(C)C. The van der Waals surface area contributed by atoms with Crippen molar-refractivity contribution in [1.82, 2.24) is 4.90 Å². The van der Waals surface area contributed by atoms with Gasteiger partial charge in [0.2, 0.25) is 0 Å². The second kappa shape index (κ2) is 3.56. The van der Waals surface area contributed by atoms with E-state index in [2.05, 4.69) is 46.4 Å². The van der Waals surface area contributed by atoms with Gasteiger partial charge in [0.15, 0.2) is 0 Å². The van der Waals surface area contributed by atoms with Crippen LogP contribution in [0, 0.1) is 5.41 Å². The van der Waals surface area contributed by atoms with E-state index in [9.17, 15) is 0 Å². The Bertz CT molecular complexity index is 228. The van der Waals surface area contributed by atoms with Gasteiger partial charge in [-0.1, -0.05) is 20.8 Å². The van der Waals surface area contributed by atoms with Gasteiger partial charge in [-0.2, -0.15) is 0 Å². The Labute approximate surface area is 88.4 Å². The summed E-state index contributed by atoms with van der Waals surface area (Å²) < 4.78 is 0. The van der Waals surface area contributed by atoms with Crippen molar-refractivity contribution in [3.63, 3.8) is 0 Å². The van der Waals surface area contributed by atoms with Gasteiger partial charge in [-0.05, 0) is 27.2 Å². The Balaban J connectivity index is 2.95. The maximum absolute atomic E-state index is 4.69. The van der Waals surface area contributed by atoms with E-state index < -0.39 is 0 Å². The van der Waals surface area contributed by atoms with Crippen molar-refractivity contribution >= 4 is 5.84 Å². The molecule has 0 saturated carbocycles. The van der Waals surface area contributed by atoms with Gasteiger partial charge in [0.05, 0.1) is 0 Å². The fourth-order valence-electron chi connectivity index (χ4n) is 1.90. The number of rotatable bonds is 0. The van der Waals surface area contributed by atoms with Crippen LogP contribution in [-0.4, -0.2) is 29.4 Å². The van der Waals surface area contributed by atoms with Crippen LogP contribution in [0.4, 0.5) is 0 Å². The Morgan fingerprint density at radius 1 is 1.07 bits per heavy atom. The molecule has 0 saturated heterocycles. The fourth-order valence-corrected chi connectivity index (χ4v) is 1.90. The average Bonchev–Trinajstić information content (AvgIpc) is 2.01. The Morgan fingerprint density at radius 3 is 2.00 bits per heavy atom. The van der Waals surface area contributed by atoms with Gasteiger partial charge in [0, 0.05) is 24.0 Å². The van der Waals surface area contributed by atoms with Crippen LogP contribution in [0.1, 0.15) is 48.0 Å². The van der Waals surface area contributed by atoms with Crippen LogP contribution < -0.4 is 0 Å². The molecule has 0 spiro atoms. The van der Waals surface area contributed by atoms with Crippen LogP contribution in [0.15, 0.2) is 4.99 Å². The zero-order chi connectivity index (χ0) is 11.0. The summed E-state index contributed by atoms with van der Waals surface area (Å²) in [5.74, 6) is 1.27. The van der Waals surface area contributed by atoms with Crippen LogP contribution in [0.5, 0.6) is 0 Å². The third-order valence-electron chi connectivity index (χ3n) is 2.54.